The highest BCUT2D eigenvalue weighted by atomic mass is 32.2. The van der Waals surface area contributed by atoms with E-state index in [1.165, 1.54) is 4.90 Å². The molecule has 2 amide bonds. The van der Waals surface area contributed by atoms with Gasteiger partial charge in [0.25, 0.3) is 0 Å². The van der Waals surface area contributed by atoms with Crippen LogP contribution in [0.4, 0.5) is 14.5 Å². The number of benzene rings is 3. The van der Waals surface area contributed by atoms with Crippen molar-refractivity contribution in [1.82, 2.24) is 10.2 Å². The maximum Gasteiger partial charge on any atom is 0.244 e. The summed E-state index contributed by atoms with van der Waals surface area (Å²) < 4.78 is 53.5. The number of nitrogens with zero attached hydrogens (tertiary/aromatic N) is 2. The van der Waals surface area contributed by atoms with E-state index in [0.717, 1.165) is 41.1 Å². The van der Waals surface area contributed by atoms with Crippen LogP contribution in [-0.2, 0) is 32.6 Å². The first kappa shape index (κ1) is 28.8. The summed E-state index contributed by atoms with van der Waals surface area (Å²) in [5.74, 6) is -3.46. The van der Waals surface area contributed by atoms with Crippen molar-refractivity contribution in [2.45, 2.75) is 32.9 Å². The number of hydrogen-bond donors (Lipinski definition) is 1. The van der Waals surface area contributed by atoms with Crippen LogP contribution in [0.2, 0.25) is 0 Å². The van der Waals surface area contributed by atoms with Gasteiger partial charge in [-0.3, -0.25) is 13.9 Å². The van der Waals surface area contributed by atoms with Gasteiger partial charge in [0.2, 0.25) is 21.8 Å². The number of carbonyl (C=O) groups excluding carboxylic acids is 2. The molecule has 3 rings (SSSR count). The fraction of sp³-hybridized carbons (Fsp3) is 0.286. The Hall–Kier alpha value is -3.79. The Balaban J connectivity index is 2.05. The standard InChI is InChI=1S/C28H31F2N3O4S/c1-4-31-28(35)26(16-21-10-6-5-7-11-21)32(18-22-12-8-9-20(2)15-22)27(34)19-33(38(3,36)37)23-13-14-24(29)25(30)17-23/h5-15,17,26H,4,16,18-19H2,1-3H3,(H,31,35)/t26-/m1/s1. The minimum absolute atomic E-state index is 0.0323. The van der Waals surface area contributed by atoms with Gasteiger partial charge in [-0.2, -0.15) is 0 Å². The van der Waals surface area contributed by atoms with E-state index >= 15 is 0 Å². The molecule has 10 heteroatoms. The molecule has 1 N–H and O–H groups in total. The molecule has 0 saturated heterocycles. The first-order valence-corrected chi connectivity index (χ1v) is 13.9. The van der Waals surface area contributed by atoms with Gasteiger partial charge >= 0.3 is 0 Å². The van der Waals surface area contributed by atoms with Gasteiger partial charge in [-0.25, -0.2) is 17.2 Å². The minimum atomic E-state index is -4.07. The normalized spacial score (nSPS) is 12.0. The summed E-state index contributed by atoms with van der Waals surface area (Å²) in [4.78, 5) is 28.4. The van der Waals surface area contributed by atoms with Crippen molar-refractivity contribution in [2.75, 3.05) is 23.7 Å². The Morgan fingerprint density at radius 1 is 0.921 bits per heavy atom. The molecule has 0 aliphatic heterocycles. The number of aryl methyl sites for hydroxylation is 1. The van der Waals surface area contributed by atoms with Gasteiger partial charge in [0.05, 0.1) is 11.9 Å². The van der Waals surface area contributed by atoms with Crippen molar-refractivity contribution in [1.29, 1.82) is 0 Å². The van der Waals surface area contributed by atoms with Crippen LogP contribution in [0.1, 0.15) is 23.6 Å². The van der Waals surface area contributed by atoms with Crippen LogP contribution in [0.5, 0.6) is 0 Å². The number of sulfonamides is 1. The Kier molecular flexibility index (Phi) is 9.57. The summed E-state index contributed by atoms with van der Waals surface area (Å²) in [5.41, 5.74) is 2.31. The van der Waals surface area contributed by atoms with Crippen LogP contribution < -0.4 is 9.62 Å². The number of halogens is 2. The Morgan fingerprint density at radius 3 is 2.21 bits per heavy atom. The Morgan fingerprint density at radius 2 is 1.61 bits per heavy atom. The molecule has 0 aliphatic carbocycles. The average Bonchev–Trinajstić information content (AvgIpc) is 2.86. The van der Waals surface area contributed by atoms with Crippen LogP contribution in [0.3, 0.4) is 0 Å². The number of amides is 2. The van der Waals surface area contributed by atoms with E-state index < -0.39 is 46.1 Å². The molecule has 0 fully saturated rings. The molecule has 0 unspecified atom stereocenters. The Bertz CT molecular complexity index is 1380. The molecular weight excluding hydrogens is 512 g/mol. The first-order valence-electron chi connectivity index (χ1n) is 12.1. The molecule has 0 heterocycles. The zero-order valence-corrected chi connectivity index (χ0v) is 22.3. The summed E-state index contributed by atoms with van der Waals surface area (Å²) in [6, 6.07) is 18.2. The molecule has 0 aliphatic rings. The third-order valence-electron chi connectivity index (χ3n) is 5.93. The quantitative estimate of drug-likeness (QED) is 0.399. The maximum atomic E-state index is 14.0. The molecular formula is C28H31F2N3O4S. The molecule has 0 radical (unpaired) electrons. The number of likely N-dealkylation sites (N-methyl/N-ethyl adjacent to an activating group) is 1. The number of nitrogens with one attached hydrogen (secondary N) is 1. The van der Waals surface area contributed by atoms with Crippen molar-refractivity contribution in [2.24, 2.45) is 0 Å². The van der Waals surface area contributed by atoms with Crippen LogP contribution in [-0.4, -0.2) is 50.5 Å². The lowest BCUT2D eigenvalue weighted by atomic mass is 10.0. The second kappa shape index (κ2) is 12.6. The van der Waals surface area contributed by atoms with E-state index in [1.807, 2.05) is 61.5 Å². The highest BCUT2D eigenvalue weighted by Crippen LogP contribution is 2.22. The van der Waals surface area contributed by atoms with Gasteiger partial charge < -0.3 is 10.2 Å². The average molecular weight is 544 g/mol. The summed E-state index contributed by atoms with van der Waals surface area (Å²) >= 11 is 0. The molecule has 0 saturated carbocycles. The highest BCUT2D eigenvalue weighted by molar-refractivity contribution is 7.92. The van der Waals surface area contributed by atoms with Gasteiger partial charge in [-0.1, -0.05) is 60.2 Å². The van der Waals surface area contributed by atoms with Gasteiger partial charge in [0.15, 0.2) is 11.6 Å². The minimum Gasteiger partial charge on any atom is -0.355 e. The lowest BCUT2D eigenvalue weighted by Gasteiger charge is -2.33. The third kappa shape index (κ3) is 7.61. The lowest BCUT2D eigenvalue weighted by Crippen LogP contribution is -2.53. The fourth-order valence-corrected chi connectivity index (χ4v) is 4.95. The molecule has 0 aromatic heterocycles. The van der Waals surface area contributed by atoms with Crippen molar-refractivity contribution >= 4 is 27.5 Å². The molecule has 202 valence electrons. The van der Waals surface area contributed by atoms with Gasteiger partial charge in [0.1, 0.15) is 12.6 Å². The number of rotatable bonds is 11. The summed E-state index contributed by atoms with van der Waals surface area (Å²) in [7, 11) is -4.07. The van der Waals surface area contributed by atoms with Crippen molar-refractivity contribution in [3.05, 3.63) is 101 Å². The number of anilines is 1. The van der Waals surface area contributed by atoms with Gasteiger partial charge in [0, 0.05) is 25.6 Å². The van der Waals surface area contributed by atoms with E-state index in [2.05, 4.69) is 5.32 Å². The predicted molar refractivity (Wildman–Crippen MR) is 143 cm³/mol. The van der Waals surface area contributed by atoms with Gasteiger partial charge in [-0.15, -0.1) is 0 Å². The van der Waals surface area contributed by atoms with Crippen LogP contribution >= 0.6 is 0 Å². The van der Waals surface area contributed by atoms with E-state index in [9.17, 15) is 26.8 Å². The van der Waals surface area contributed by atoms with Crippen LogP contribution in [0, 0.1) is 18.6 Å². The highest BCUT2D eigenvalue weighted by Gasteiger charge is 2.33. The fourth-order valence-electron chi connectivity index (χ4n) is 4.11. The van der Waals surface area contributed by atoms with Crippen molar-refractivity contribution in [3.63, 3.8) is 0 Å². The van der Waals surface area contributed by atoms with Crippen molar-refractivity contribution < 1.29 is 26.8 Å². The molecule has 38 heavy (non-hydrogen) atoms. The molecule has 0 bridgehead atoms. The SMILES string of the molecule is CCNC(=O)[C@@H](Cc1ccccc1)N(Cc1cccc(C)c1)C(=O)CN(c1ccc(F)c(F)c1)S(C)(=O)=O. The molecule has 7 nitrogen and oxygen atoms in total. The summed E-state index contributed by atoms with van der Waals surface area (Å²) in [6.45, 7) is 3.32. The summed E-state index contributed by atoms with van der Waals surface area (Å²) in [6.07, 6.45) is 1.06. The largest absolute Gasteiger partial charge is 0.355 e. The predicted octanol–water partition coefficient (Wildman–Crippen LogP) is 3.82. The lowest BCUT2D eigenvalue weighted by molar-refractivity contribution is -0.140. The number of hydrogen-bond acceptors (Lipinski definition) is 4. The van der Waals surface area contributed by atoms with E-state index in [0.29, 0.717) is 10.8 Å². The van der Waals surface area contributed by atoms with E-state index in [1.54, 1.807) is 6.92 Å². The monoisotopic (exact) mass is 543 g/mol. The zero-order chi connectivity index (χ0) is 27.9. The van der Waals surface area contributed by atoms with Crippen LogP contribution in [0.25, 0.3) is 0 Å². The second-order valence-corrected chi connectivity index (χ2v) is 10.9. The number of carbonyl (C=O) groups is 2. The molecule has 1 atom stereocenters. The van der Waals surface area contributed by atoms with E-state index in [4.69, 9.17) is 0 Å². The molecule has 0 spiro atoms. The third-order valence-corrected chi connectivity index (χ3v) is 7.07. The Labute approximate surface area is 222 Å². The topological polar surface area (TPSA) is 86.8 Å². The summed E-state index contributed by atoms with van der Waals surface area (Å²) in [5, 5.41) is 2.77. The van der Waals surface area contributed by atoms with E-state index in [-0.39, 0.29) is 18.7 Å². The van der Waals surface area contributed by atoms with Crippen LogP contribution in [0.15, 0.2) is 72.8 Å². The van der Waals surface area contributed by atoms with Crippen molar-refractivity contribution in [3.8, 4) is 0 Å². The smallest absolute Gasteiger partial charge is 0.244 e. The molecule has 3 aromatic carbocycles. The first-order chi connectivity index (χ1) is 18.0. The molecule has 3 aromatic rings. The maximum absolute atomic E-state index is 14.0. The zero-order valence-electron chi connectivity index (χ0n) is 21.5. The van der Waals surface area contributed by atoms with Gasteiger partial charge in [-0.05, 0) is 37.1 Å². The second-order valence-electron chi connectivity index (χ2n) is 8.98.